The molecule has 0 bridgehead atoms. The second-order valence-electron chi connectivity index (χ2n) is 14.5. The average Bonchev–Trinajstić information content (AvgIpc) is 3.44. The van der Waals surface area contributed by atoms with E-state index in [0.717, 1.165) is 70.6 Å². The highest BCUT2D eigenvalue weighted by molar-refractivity contribution is 7.46. The Balaban J connectivity index is 2.32. The van der Waals surface area contributed by atoms with Crippen LogP contribution in [0.5, 0.6) is 0 Å². The van der Waals surface area contributed by atoms with Gasteiger partial charge < -0.3 is 34.6 Å². The minimum atomic E-state index is -4.83. The summed E-state index contributed by atoms with van der Waals surface area (Å²) >= 11 is 0. The van der Waals surface area contributed by atoms with E-state index in [2.05, 4.69) is 79.1 Å². The van der Waals surface area contributed by atoms with E-state index in [4.69, 9.17) is 19.3 Å². The number of phosphoric acid groups is 1. The molecule has 0 amide bonds. The van der Waals surface area contributed by atoms with Crippen LogP contribution in [0.3, 0.4) is 0 Å². The molecular formula is C45H73O11P. The zero-order valence-electron chi connectivity index (χ0n) is 34.5. The van der Waals surface area contributed by atoms with Gasteiger partial charge in [0.25, 0.3) is 0 Å². The summed E-state index contributed by atoms with van der Waals surface area (Å²) in [6.07, 6.45) is 39.7. The lowest BCUT2D eigenvalue weighted by Gasteiger charge is -2.19. The maximum absolute atomic E-state index is 12.4. The van der Waals surface area contributed by atoms with Gasteiger partial charge in [-0.2, -0.15) is 0 Å². The van der Waals surface area contributed by atoms with Gasteiger partial charge in [-0.05, 0) is 83.0 Å². The van der Waals surface area contributed by atoms with Crippen LogP contribution in [0.25, 0.3) is 0 Å². The summed E-state index contributed by atoms with van der Waals surface area (Å²) in [5, 5.41) is 31.2. The van der Waals surface area contributed by atoms with Crippen molar-refractivity contribution in [1.29, 1.82) is 0 Å². The number of carbonyl (C=O) groups is 2. The van der Waals surface area contributed by atoms with Crippen LogP contribution < -0.4 is 0 Å². The molecular weight excluding hydrogens is 747 g/mol. The summed E-state index contributed by atoms with van der Waals surface area (Å²) < 4.78 is 26.3. The molecule has 11 nitrogen and oxygen atoms in total. The molecule has 6 atom stereocenters. The third-order valence-electron chi connectivity index (χ3n) is 9.47. The normalized spacial score (nSPS) is 20.5. The average molecular weight is 821 g/mol. The molecule has 0 heterocycles. The minimum Gasteiger partial charge on any atom is -0.462 e. The quantitative estimate of drug-likeness (QED) is 0.0184. The van der Waals surface area contributed by atoms with Crippen molar-refractivity contribution in [3.63, 3.8) is 0 Å². The molecule has 0 spiro atoms. The van der Waals surface area contributed by atoms with Crippen LogP contribution in [0, 0.1) is 11.8 Å². The third-order valence-corrected chi connectivity index (χ3v) is 9.95. The van der Waals surface area contributed by atoms with Gasteiger partial charge in [0.05, 0.1) is 24.9 Å². The number of rotatable bonds is 33. The Morgan fingerprint density at radius 1 is 0.702 bits per heavy atom. The number of hydrogen-bond acceptors (Lipinski definition) is 9. The minimum absolute atomic E-state index is 0.0777. The maximum Gasteiger partial charge on any atom is 0.469 e. The van der Waals surface area contributed by atoms with E-state index in [0.29, 0.717) is 32.1 Å². The largest absolute Gasteiger partial charge is 0.469 e. The first-order valence-corrected chi connectivity index (χ1v) is 22.7. The number of carbonyl (C=O) groups excluding carboxylic acids is 2. The van der Waals surface area contributed by atoms with Gasteiger partial charge >= 0.3 is 19.8 Å². The molecule has 0 aliphatic heterocycles. The standard InChI is InChI=1S/C45H73O11P/c1-3-5-7-8-9-10-11-12-13-14-15-16-17-18-19-20-21-22-28-32-45(50)56-39(37-55-57(51,52)53)36-54-44(49)31-27-24-23-26-30-40-41(43(48)35-42(40)47)34-33-38(46)29-25-6-4-2/h5,7,9-10,12-13,15-16,18-19,23,26,33-34,38-43,46-48H,3-4,6,8,11,14,17,20-22,24-25,27-32,35-37H2,1-2H3,(H2,51,52,53)/b7-5-,10-9-,13-12-,16-15-,19-18-,26-23+,34-33+/t38-,39+,40+,41+,42-,43+/m0/s1. The van der Waals surface area contributed by atoms with Gasteiger partial charge in [-0.1, -0.05) is 125 Å². The maximum atomic E-state index is 12.4. The number of aliphatic hydroxyl groups is 3. The zero-order chi connectivity index (χ0) is 42.0. The second-order valence-corrected chi connectivity index (χ2v) is 15.8. The Morgan fingerprint density at radius 2 is 1.30 bits per heavy atom. The molecule has 1 fully saturated rings. The first-order chi connectivity index (χ1) is 27.5. The van der Waals surface area contributed by atoms with Crippen LogP contribution in [0.15, 0.2) is 85.1 Å². The smallest absolute Gasteiger partial charge is 0.462 e. The first-order valence-electron chi connectivity index (χ1n) is 21.1. The van der Waals surface area contributed by atoms with Crippen LogP contribution in [0.1, 0.15) is 136 Å². The second kappa shape index (κ2) is 34.0. The zero-order valence-corrected chi connectivity index (χ0v) is 35.4. The Kier molecular flexibility index (Phi) is 31.1. The number of unbranched alkanes of at least 4 members (excludes halogenated alkanes) is 6. The van der Waals surface area contributed by atoms with Crippen molar-refractivity contribution >= 4 is 19.8 Å². The molecule has 0 saturated heterocycles. The summed E-state index contributed by atoms with van der Waals surface area (Å²) in [5.74, 6) is -1.54. The highest BCUT2D eigenvalue weighted by Crippen LogP contribution is 2.37. The van der Waals surface area contributed by atoms with E-state index in [1.54, 1.807) is 6.08 Å². The van der Waals surface area contributed by atoms with Crippen molar-refractivity contribution in [2.75, 3.05) is 13.2 Å². The lowest BCUT2D eigenvalue weighted by molar-refractivity contribution is -0.161. The molecule has 0 unspecified atom stereocenters. The highest BCUT2D eigenvalue weighted by atomic mass is 31.2. The number of hydrogen-bond donors (Lipinski definition) is 5. The van der Waals surface area contributed by atoms with E-state index in [1.165, 1.54) is 0 Å². The van der Waals surface area contributed by atoms with Crippen LogP contribution in [-0.4, -0.2) is 74.7 Å². The Bertz CT molecular complexity index is 1310. The van der Waals surface area contributed by atoms with Crippen molar-refractivity contribution in [2.45, 2.75) is 160 Å². The summed E-state index contributed by atoms with van der Waals surface area (Å²) in [4.78, 5) is 43.1. The number of aliphatic hydroxyl groups excluding tert-OH is 3. The Morgan fingerprint density at radius 3 is 1.93 bits per heavy atom. The molecule has 0 radical (unpaired) electrons. The number of phosphoric ester groups is 1. The van der Waals surface area contributed by atoms with E-state index in [9.17, 15) is 29.5 Å². The van der Waals surface area contributed by atoms with Gasteiger partial charge in [0.2, 0.25) is 0 Å². The van der Waals surface area contributed by atoms with Crippen molar-refractivity contribution in [3.05, 3.63) is 85.1 Å². The predicted octanol–water partition coefficient (Wildman–Crippen LogP) is 9.22. The lowest BCUT2D eigenvalue weighted by Crippen LogP contribution is -2.29. The Labute approximate surface area is 342 Å². The van der Waals surface area contributed by atoms with Crippen LogP contribution in [0.2, 0.25) is 0 Å². The molecule has 1 rings (SSSR count). The number of allylic oxidation sites excluding steroid dienone is 12. The van der Waals surface area contributed by atoms with Crippen LogP contribution in [0.4, 0.5) is 0 Å². The molecule has 0 aromatic carbocycles. The van der Waals surface area contributed by atoms with Crippen molar-refractivity contribution in [3.8, 4) is 0 Å². The van der Waals surface area contributed by atoms with Gasteiger partial charge in [0, 0.05) is 25.2 Å². The molecule has 324 valence electrons. The molecule has 57 heavy (non-hydrogen) atoms. The summed E-state index contributed by atoms with van der Waals surface area (Å²) in [6.45, 7) is 3.22. The third kappa shape index (κ3) is 29.9. The summed E-state index contributed by atoms with van der Waals surface area (Å²) in [7, 11) is -4.83. The van der Waals surface area contributed by atoms with Crippen LogP contribution in [-0.2, 0) is 28.2 Å². The molecule has 5 N–H and O–H groups in total. The van der Waals surface area contributed by atoms with Crippen molar-refractivity contribution < 1.29 is 53.3 Å². The van der Waals surface area contributed by atoms with Gasteiger partial charge in [-0.3, -0.25) is 14.1 Å². The van der Waals surface area contributed by atoms with Gasteiger partial charge in [0.1, 0.15) is 6.61 Å². The van der Waals surface area contributed by atoms with Crippen molar-refractivity contribution in [1.82, 2.24) is 0 Å². The molecule has 1 aliphatic carbocycles. The predicted molar refractivity (Wildman–Crippen MR) is 227 cm³/mol. The fraction of sp³-hybridized carbons (Fsp3) is 0.644. The molecule has 12 heteroatoms. The lowest BCUT2D eigenvalue weighted by atomic mass is 9.89. The first kappa shape index (κ1) is 52.1. The van der Waals surface area contributed by atoms with Gasteiger partial charge in [-0.25, -0.2) is 4.57 Å². The van der Waals surface area contributed by atoms with Gasteiger partial charge in [-0.15, -0.1) is 0 Å². The molecule has 0 aromatic heterocycles. The summed E-state index contributed by atoms with van der Waals surface area (Å²) in [5.41, 5.74) is 0. The van der Waals surface area contributed by atoms with Crippen molar-refractivity contribution in [2.24, 2.45) is 11.8 Å². The fourth-order valence-corrected chi connectivity index (χ4v) is 6.63. The van der Waals surface area contributed by atoms with E-state index in [1.807, 2.05) is 18.2 Å². The van der Waals surface area contributed by atoms with E-state index >= 15 is 0 Å². The molecule has 1 saturated carbocycles. The number of ether oxygens (including phenoxy) is 2. The monoisotopic (exact) mass is 820 g/mol. The van der Waals surface area contributed by atoms with E-state index < -0.39 is 57.4 Å². The topological polar surface area (TPSA) is 180 Å². The highest BCUT2D eigenvalue weighted by Gasteiger charge is 2.39. The number of esters is 2. The summed E-state index contributed by atoms with van der Waals surface area (Å²) in [6, 6.07) is 0. The molecule has 0 aromatic rings. The van der Waals surface area contributed by atoms with Gasteiger partial charge in [0.15, 0.2) is 6.10 Å². The SMILES string of the molecule is CC/C=C\C/C=C\C/C=C\C/C=C\C/C=C\CCCCCC(=O)O[C@H](COC(=O)CCC/C=C/C[C@@H]1[C@@H](/C=C/[C@@H](O)CCCCC)[C@H](O)C[C@@H]1O)COP(=O)(O)O. The fourth-order valence-electron chi connectivity index (χ4n) is 6.27. The molecule has 1 aliphatic rings. The van der Waals surface area contributed by atoms with Crippen LogP contribution >= 0.6 is 7.82 Å². The van der Waals surface area contributed by atoms with E-state index in [-0.39, 0.29) is 31.1 Å². The Hall–Kier alpha value is -2.89.